The first-order valence-corrected chi connectivity index (χ1v) is 9.08. The van der Waals surface area contributed by atoms with Gasteiger partial charge >= 0.3 is 0 Å². The second-order valence-electron chi connectivity index (χ2n) is 6.15. The average Bonchev–Trinajstić information content (AvgIpc) is 3.00. The van der Waals surface area contributed by atoms with Crippen LogP contribution in [0.1, 0.15) is 19.8 Å². The molecule has 2 aliphatic rings. The van der Waals surface area contributed by atoms with Crippen LogP contribution < -0.4 is 5.32 Å². The lowest BCUT2D eigenvalue weighted by molar-refractivity contribution is 0.399. The Morgan fingerprint density at radius 3 is 2.55 bits per heavy atom. The van der Waals surface area contributed by atoms with Gasteiger partial charge in [0.25, 0.3) is 0 Å². The van der Waals surface area contributed by atoms with E-state index >= 15 is 0 Å². The summed E-state index contributed by atoms with van der Waals surface area (Å²) >= 11 is 0. The lowest BCUT2D eigenvalue weighted by atomic mass is 9.87. The van der Waals surface area contributed by atoms with Gasteiger partial charge in [0, 0.05) is 12.3 Å². The Morgan fingerprint density at radius 2 is 1.95 bits per heavy atom. The molecule has 4 heteroatoms. The van der Waals surface area contributed by atoms with Crippen LogP contribution in [0.15, 0.2) is 41.3 Å². The van der Waals surface area contributed by atoms with Gasteiger partial charge in [-0.2, -0.15) is 0 Å². The van der Waals surface area contributed by atoms with Crippen LogP contribution >= 0.6 is 0 Å². The summed E-state index contributed by atoms with van der Waals surface area (Å²) in [5, 5.41) is 3.43. The summed E-state index contributed by atoms with van der Waals surface area (Å²) in [5.41, 5.74) is 0.731. The van der Waals surface area contributed by atoms with E-state index in [0.29, 0.717) is 16.7 Å². The van der Waals surface area contributed by atoms with Crippen molar-refractivity contribution in [3.8, 4) is 0 Å². The van der Waals surface area contributed by atoms with Crippen molar-refractivity contribution in [2.24, 2.45) is 17.8 Å². The second-order valence-corrected chi connectivity index (χ2v) is 8.13. The number of allylic oxidation sites excluding steroid dienone is 2. The van der Waals surface area contributed by atoms with E-state index in [1.54, 1.807) is 12.1 Å². The van der Waals surface area contributed by atoms with Crippen molar-refractivity contribution in [2.45, 2.75) is 30.7 Å². The van der Waals surface area contributed by atoms with Crippen LogP contribution in [-0.2, 0) is 9.84 Å². The lowest BCUT2D eigenvalue weighted by Crippen LogP contribution is -2.29. The quantitative estimate of drug-likeness (QED) is 0.867. The minimum atomic E-state index is -3.19. The van der Waals surface area contributed by atoms with Gasteiger partial charge in [0.15, 0.2) is 9.84 Å². The van der Waals surface area contributed by atoms with E-state index in [-0.39, 0.29) is 6.04 Å². The van der Waals surface area contributed by atoms with Crippen LogP contribution in [0.2, 0.25) is 0 Å². The Labute approximate surface area is 121 Å². The van der Waals surface area contributed by atoms with Gasteiger partial charge in [0.1, 0.15) is 0 Å². The van der Waals surface area contributed by atoms with E-state index in [9.17, 15) is 8.42 Å². The Kier molecular flexibility index (Phi) is 3.36. The molecular weight excluding hydrogens is 270 g/mol. The largest absolute Gasteiger partial charge is 0.381 e. The molecule has 0 radical (unpaired) electrons. The zero-order valence-electron chi connectivity index (χ0n) is 11.9. The van der Waals surface area contributed by atoms with Gasteiger partial charge in [0.2, 0.25) is 0 Å². The van der Waals surface area contributed by atoms with Crippen molar-refractivity contribution in [2.75, 3.05) is 11.6 Å². The fourth-order valence-corrected chi connectivity index (χ4v) is 4.51. The summed E-state index contributed by atoms with van der Waals surface area (Å²) in [7, 11) is -3.19. The third kappa shape index (κ3) is 2.49. The molecule has 2 bridgehead atoms. The van der Waals surface area contributed by atoms with E-state index in [1.807, 2.05) is 12.1 Å². The van der Waals surface area contributed by atoms with Gasteiger partial charge in [-0.3, -0.25) is 0 Å². The summed E-state index contributed by atoms with van der Waals surface area (Å²) in [6.45, 7) is 2.16. The molecule has 1 aromatic carbocycles. The molecule has 2 aliphatic carbocycles. The number of nitrogens with one attached hydrogen (secondary N) is 1. The molecule has 108 valence electrons. The van der Waals surface area contributed by atoms with Crippen LogP contribution in [0.25, 0.3) is 0 Å². The van der Waals surface area contributed by atoms with Gasteiger partial charge in [0.05, 0.1) is 10.6 Å². The first kappa shape index (κ1) is 13.7. The fourth-order valence-electron chi connectivity index (χ4n) is 3.66. The van der Waals surface area contributed by atoms with E-state index in [0.717, 1.165) is 11.6 Å². The number of para-hydroxylation sites is 1. The van der Waals surface area contributed by atoms with Gasteiger partial charge in [-0.15, -0.1) is 0 Å². The summed E-state index contributed by atoms with van der Waals surface area (Å²) in [6, 6.07) is 7.47. The molecule has 3 nitrogen and oxygen atoms in total. The highest BCUT2D eigenvalue weighted by Gasteiger charge is 2.38. The molecule has 1 saturated carbocycles. The van der Waals surface area contributed by atoms with Gasteiger partial charge < -0.3 is 5.32 Å². The standard InChI is InChI=1S/C16H21NO2S/c1-11(14-10-12-7-8-13(14)9-12)17-15-5-3-4-6-16(15)20(2,18)19/h3-8,11-14,17H,9-10H2,1-2H3. The predicted octanol–water partition coefficient (Wildman–Crippen LogP) is 3.10. The average molecular weight is 291 g/mol. The highest BCUT2D eigenvalue weighted by atomic mass is 32.2. The first-order valence-electron chi connectivity index (χ1n) is 7.19. The van der Waals surface area contributed by atoms with Gasteiger partial charge in [-0.1, -0.05) is 24.3 Å². The molecule has 1 fully saturated rings. The molecule has 4 atom stereocenters. The molecule has 0 saturated heterocycles. The van der Waals surface area contributed by atoms with Crippen LogP contribution in [-0.4, -0.2) is 20.7 Å². The predicted molar refractivity (Wildman–Crippen MR) is 81.5 cm³/mol. The normalized spacial score (nSPS) is 29.6. The van der Waals surface area contributed by atoms with Crippen molar-refractivity contribution < 1.29 is 8.42 Å². The number of hydrogen-bond donors (Lipinski definition) is 1. The zero-order valence-corrected chi connectivity index (χ0v) is 12.7. The maximum absolute atomic E-state index is 11.8. The summed E-state index contributed by atoms with van der Waals surface area (Å²) in [5.74, 6) is 2.00. The Hall–Kier alpha value is -1.29. The second kappa shape index (κ2) is 4.92. The molecule has 1 aromatic rings. The third-order valence-corrected chi connectivity index (χ3v) is 5.80. The van der Waals surface area contributed by atoms with E-state index in [2.05, 4.69) is 24.4 Å². The molecule has 0 aliphatic heterocycles. The van der Waals surface area contributed by atoms with Gasteiger partial charge in [-0.25, -0.2) is 8.42 Å². The summed E-state index contributed by atoms with van der Waals surface area (Å²) < 4.78 is 23.7. The smallest absolute Gasteiger partial charge is 0.177 e. The van der Waals surface area contributed by atoms with Crippen LogP contribution in [0, 0.1) is 17.8 Å². The molecule has 20 heavy (non-hydrogen) atoms. The minimum absolute atomic E-state index is 0.290. The molecule has 3 rings (SSSR count). The summed E-state index contributed by atoms with van der Waals surface area (Å²) in [6.07, 6.45) is 8.41. The van der Waals surface area contributed by atoms with E-state index < -0.39 is 9.84 Å². The minimum Gasteiger partial charge on any atom is -0.381 e. The van der Waals surface area contributed by atoms with Crippen molar-refractivity contribution in [1.82, 2.24) is 0 Å². The number of hydrogen-bond acceptors (Lipinski definition) is 3. The molecule has 0 amide bonds. The van der Waals surface area contributed by atoms with Crippen LogP contribution in [0.3, 0.4) is 0 Å². The summed E-state index contributed by atoms with van der Waals surface area (Å²) in [4.78, 5) is 0.394. The maximum Gasteiger partial charge on any atom is 0.177 e. The number of benzene rings is 1. The maximum atomic E-state index is 11.8. The van der Waals surface area contributed by atoms with Crippen molar-refractivity contribution in [3.63, 3.8) is 0 Å². The van der Waals surface area contributed by atoms with E-state index in [4.69, 9.17) is 0 Å². The molecular formula is C16H21NO2S. The molecule has 1 N–H and O–H groups in total. The van der Waals surface area contributed by atoms with Crippen LogP contribution in [0.4, 0.5) is 5.69 Å². The topological polar surface area (TPSA) is 46.2 Å². The highest BCUT2D eigenvalue weighted by molar-refractivity contribution is 7.90. The Balaban J connectivity index is 1.80. The van der Waals surface area contributed by atoms with Crippen molar-refractivity contribution in [3.05, 3.63) is 36.4 Å². The van der Waals surface area contributed by atoms with Gasteiger partial charge in [-0.05, 0) is 49.7 Å². The zero-order chi connectivity index (χ0) is 14.3. The molecule has 0 heterocycles. The number of sulfone groups is 1. The molecule has 0 spiro atoms. The van der Waals surface area contributed by atoms with Crippen molar-refractivity contribution >= 4 is 15.5 Å². The Bertz CT molecular complexity index is 636. The Morgan fingerprint density at radius 1 is 1.20 bits per heavy atom. The number of rotatable bonds is 4. The third-order valence-electron chi connectivity index (χ3n) is 4.64. The first-order chi connectivity index (χ1) is 9.45. The SMILES string of the molecule is CC(Nc1ccccc1S(C)(=O)=O)C1CC2C=CC1C2. The van der Waals surface area contributed by atoms with E-state index in [1.165, 1.54) is 19.1 Å². The highest BCUT2D eigenvalue weighted by Crippen LogP contribution is 2.45. The van der Waals surface area contributed by atoms with Crippen molar-refractivity contribution in [1.29, 1.82) is 0 Å². The monoisotopic (exact) mass is 291 g/mol. The number of anilines is 1. The number of fused-ring (bicyclic) bond motifs is 2. The van der Waals surface area contributed by atoms with Crippen LogP contribution in [0.5, 0.6) is 0 Å². The molecule has 4 unspecified atom stereocenters. The molecule has 0 aromatic heterocycles. The lowest BCUT2D eigenvalue weighted by Gasteiger charge is -2.27. The fraction of sp³-hybridized carbons (Fsp3) is 0.500.